The third-order valence-corrected chi connectivity index (χ3v) is 4.41. The van der Waals surface area contributed by atoms with Gasteiger partial charge in [0.1, 0.15) is 5.82 Å². The van der Waals surface area contributed by atoms with Crippen LogP contribution in [0.15, 0.2) is 30.6 Å². The lowest BCUT2D eigenvalue weighted by Gasteiger charge is -2.39. The number of halogens is 2. The summed E-state index contributed by atoms with van der Waals surface area (Å²) in [7, 11) is 0. The topological polar surface area (TPSA) is 21.1 Å². The maximum Gasteiger partial charge on any atom is 0.105 e. The Hall–Kier alpha value is -1.03. The third-order valence-electron chi connectivity index (χ3n) is 3.82. The zero-order chi connectivity index (χ0) is 14.1. The zero-order valence-corrected chi connectivity index (χ0v) is 12.9. The Kier molecular flexibility index (Phi) is 4.01. The van der Waals surface area contributed by atoms with E-state index in [1.807, 2.05) is 37.5 Å². The van der Waals surface area contributed by atoms with Crippen molar-refractivity contribution >= 4 is 23.2 Å². The first-order valence-corrected chi connectivity index (χ1v) is 7.51. The summed E-state index contributed by atoms with van der Waals surface area (Å²) >= 11 is 12.1. The summed E-state index contributed by atoms with van der Waals surface area (Å²) in [4.78, 5) is 6.66. The van der Waals surface area contributed by atoms with Crippen molar-refractivity contribution in [2.45, 2.75) is 20.0 Å². The highest BCUT2D eigenvalue weighted by molar-refractivity contribution is 6.35. The standard InChI is InChI=1S/C15H17Cl2N3/c1-11-18-4-5-20(11)9-12-7-19(8-12)10-13-2-3-14(16)6-15(13)17/h2-6,12H,7-10H2,1H3. The van der Waals surface area contributed by atoms with Gasteiger partial charge in [0.25, 0.3) is 0 Å². The predicted octanol–water partition coefficient (Wildman–Crippen LogP) is 3.63. The number of nitrogens with zero attached hydrogens (tertiary/aromatic N) is 3. The number of aromatic nitrogens is 2. The molecular formula is C15H17Cl2N3. The fraction of sp³-hybridized carbons (Fsp3) is 0.400. The highest BCUT2D eigenvalue weighted by atomic mass is 35.5. The smallest absolute Gasteiger partial charge is 0.105 e. The third kappa shape index (κ3) is 3.00. The van der Waals surface area contributed by atoms with E-state index in [2.05, 4.69) is 14.5 Å². The minimum absolute atomic E-state index is 0.691. The van der Waals surface area contributed by atoms with Gasteiger partial charge >= 0.3 is 0 Å². The van der Waals surface area contributed by atoms with E-state index in [1.165, 1.54) is 0 Å². The SMILES string of the molecule is Cc1nccn1CC1CN(Cc2ccc(Cl)cc2Cl)C1. The monoisotopic (exact) mass is 309 g/mol. The molecule has 3 nitrogen and oxygen atoms in total. The number of hydrogen-bond acceptors (Lipinski definition) is 2. The molecule has 3 rings (SSSR count). The second-order valence-electron chi connectivity index (χ2n) is 5.42. The molecule has 0 atom stereocenters. The molecule has 0 unspecified atom stereocenters. The maximum atomic E-state index is 6.20. The quantitative estimate of drug-likeness (QED) is 0.860. The fourth-order valence-electron chi connectivity index (χ4n) is 2.69. The molecule has 2 aromatic rings. The number of likely N-dealkylation sites (tertiary alicyclic amines) is 1. The lowest BCUT2D eigenvalue weighted by molar-refractivity contribution is 0.0799. The second kappa shape index (κ2) is 5.76. The summed E-state index contributed by atoms with van der Waals surface area (Å²) in [6, 6.07) is 5.72. The number of hydrogen-bond donors (Lipinski definition) is 0. The summed E-state index contributed by atoms with van der Waals surface area (Å²) < 4.78 is 2.22. The molecule has 0 radical (unpaired) electrons. The Bertz CT molecular complexity index is 603. The van der Waals surface area contributed by atoms with Crippen LogP contribution in [0.2, 0.25) is 10.0 Å². The van der Waals surface area contributed by atoms with E-state index in [1.54, 1.807) is 0 Å². The molecule has 2 heterocycles. The highest BCUT2D eigenvalue weighted by Crippen LogP contribution is 2.26. The summed E-state index contributed by atoms with van der Waals surface area (Å²) in [5.74, 6) is 1.79. The molecule has 1 aromatic carbocycles. The van der Waals surface area contributed by atoms with Crippen LogP contribution in [-0.4, -0.2) is 27.5 Å². The highest BCUT2D eigenvalue weighted by Gasteiger charge is 2.27. The summed E-state index contributed by atoms with van der Waals surface area (Å²) in [6.45, 7) is 6.21. The Morgan fingerprint density at radius 2 is 2.10 bits per heavy atom. The van der Waals surface area contributed by atoms with Gasteiger partial charge < -0.3 is 4.57 Å². The van der Waals surface area contributed by atoms with Crippen LogP contribution in [0.1, 0.15) is 11.4 Å². The van der Waals surface area contributed by atoms with Gasteiger partial charge in [-0.2, -0.15) is 0 Å². The van der Waals surface area contributed by atoms with E-state index in [4.69, 9.17) is 23.2 Å². The van der Waals surface area contributed by atoms with Gasteiger partial charge in [0.05, 0.1) is 0 Å². The van der Waals surface area contributed by atoms with Crippen molar-refractivity contribution in [1.29, 1.82) is 0 Å². The van der Waals surface area contributed by atoms with Crippen molar-refractivity contribution in [2.24, 2.45) is 5.92 Å². The molecule has 0 amide bonds. The maximum absolute atomic E-state index is 6.20. The minimum Gasteiger partial charge on any atom is -0.335 e. The minimum atomic E-state index is 0.691. The molecule has 5 heteroatoms. The van der Waals surface area contributed by atoms with Gasteiger partial charge in [-0.3, -0.25) is 4.90 Å². The van der Waals surface area contributed by atoms with E-state index in [0.29, 0.717) is 10.9 Å². The van der Waals surface area contributed by atoms with Crippen molar-refractivity contribution in [1.82, 2.24) is 14.5 Å². The van der Waals surface area contributed by atoms with Gasteiger partial charge in [0, 0.05) is 54.5 Å². The Labute approximate surface area is 129 Å². The van der Waals surface area contributed by atoms with Crippen molar-refractivity contribution < 1.29 is 0 Å². The first-order valence-electron chi connectivity index (χ1n) is 6.76. The van der Waals surface area contributed by atoms with Gasteiger partial charge in [-0.1, -0.05) is 29.3 Å². The molecule has 1 fully saturated rings. The Morgan fingerprint density at radius 3 is 2.75 bits per heavy atom. The van der Waals surface area contributed by atoms with E-state index >= 15 is 0 Å². The van der Waals surface area contributed by atoms with Crippen molar-refractivity contribution in [3.05, 3.63) is 52.0 Å². The van der Waals surface area contributed by atoms with Crippen LogP contribution < -0.4 is 0 Å². The summed E-state index contributed by atoms with van der Waals surface area (Å²) in [5, 5.41) is 1.45. The Balaban J connectivity index is 1.52. The first kappa shape index (κ1) is 13.9. The number of aryl methyl sites for hydroxylation is 1. The largest absolute Gasteiger partial charge is 0.335 e. The molecule has 1 aliphatic rings. The lowest BCUT2D eigenvalue weighted by Crippen LogP contribution is -2.47. The van der Waals surface area contributed by atoms with E-state index in [-0.39, 0.29) is 0 Å². The van der Waals surface area contributed by atoms with Crippen LogP contribution in [0.25, 0.3) is 0 Å². The molecule has 1 saturated heterocycles. The van der Waals surface area contributed by atoms with Gasteiger partial charge in [0.15, 0.2) is 0 Å². The molecule has 1 aromatic heterocycles. The zero-order valence-electron chi connectivity index (χ0n) is 11.4. The predicted molar refractivity (Wildman–Crippen MR) is 82.2 cm³/mol. The van der Waals surface area contributed by atoms with Crippen LogP contribution in [-0.2, 0) is 13.1 Å². The Morgan fingerprint density at radius 1 is 1.30 bits per heavy atom. The second-order valence-corrected chi connectivity index (χ2v) is 6.27. The first-order chi connectivity index (χ1) is 9.61. The normalized spacial score (nSPS) is 16.4. The van der Waals surface area contributed by atoms with Gasteiger partial charge in [-0.25, -0.2) is 4.98 Å². The molecule has 106 valence electrons. The van der Waals surface area contributed by atoms with Crippen LogP contribution in [0, 0.1) is 12.8 Å². The van der Waals surface area contributed by atoms with Crippen molar-refractivity contribution in [3.63, 3.8) is 0 Å². The summed E-state index contributed by atoms with van der Waals surface area (Å²) in [6.07, 6.45) is 3.91. The molecule has 1 aliphatic heterocycles. The molecule has 0 saturated carbocycles. The molecule has 0 spiro atoms. The molecule has 20 heavy (non-hydrogen) atoms. The fourth-order valence-corrected chi connectivity index (χ4v) is 3.16. The van der Waals surface area contributed by atoms with Crippen LogP contribution >= 0.6 is 23.2 Å². The van der Waals surface area contributed by atoms with E-state index < -0.39 is 0 Å². The molecule has 0 N–H and O–H groups in total. The van der Waals surface area contributed by atoms with Crippen molar-refractivity contribution in [2.75, 3.05) is 13.1 Å². The molecule has 0 bridgehead atoms. The van der Waals surface area contributed by atoms with E-state index in [0.717, 1.165) is 42.6 Å². The number of benzene rings is 1. The van der Waals surface area contributed by atoms with Gasteiger partial charge in [-0.15, -0.1) is 0 Å². The van der Waals surface area contributed by atoms with Crippen LogP contribution in [0.4, 0.5) is 0 Å². The average molecular weight is 310 g/mol. The van der Waals surface area contributed by atoms with Gasteiger partial charge in [-0.05, 0) is 24.6 Å². The molecular weight excluding hydrogens is 293 g/mol. The lowest BCUT2D eigenvalue weighted by atomic mass is 9.99. The number of imidazole rings is 1. The molecule has 0 aliphatic carbocycles. The average Bonchev–Trinajstić information content (AvgIpc) is 2.75. The van der Waals surface area contributed by atoms with Crippen LogP contribution in [0.3, 0.4) is 0 Å². The van der Waals surface area contributed by atoms with E-state index in [9.17, 15) is 0 Å². The number of rotatable bonds is 4. The van der Waals surface area contributed by atoms with Crippen LogP contribution in [0.5, 0.6) is 0 Å². The van der Waals surface area contributed by atoms with Gasteiger partial charge in [0.2, 0.25) is 0 Å². The van der Waals surface area contributed by atoms with Crippen molar-refractivity contribution in [3.8, 4) is 0 Å². The summed E-state index contributed by atoms with van der Waals surface area (Å²) in [5.41, 5.74) is 1.15.